The Balaban J connectivity index is 1.56. The summed E-state index contributed by atoms with van der Waals surface area (Å²) >= 11 is 1.16. The molecule has 6 nitrogen and oxygen atoms in total. The summed E-state index contributed by atoms with van der Waals surface area (Å²) in [5, 5.41) is 17.6. The van der Waals surface area contributed by atoms with Crippen molar-refractivity contribution in [2.24, 2.45) is 0 Å². The summed E-state index contributed by atoms with van der Waals surface area (Å²) in [4.78, 5) is 24.0. The van der Waals surface area contributed by atoms with Crippen LogP contribution in [0.2, 0.25) is 0 Å². The van der Waals surface area contributed by atoms with E-state index in [-0.39, 0.29) is 23.6 Å². The van der Waals surface area contributed by atoms with E-state index in [9.17, 15) is 14.8 Å². The Morgan fingerprint density at radius 3 is 2.79 bits per heavy atom. The second-order valence-electron chi connectivity index (χ2n) is 5.53. The van der Waals surface area contributed by atoms with Crippen molar-refractivity contribution in [3.63, 3.8) is 0 Å². The molecule has 124 valence electrons. The number of hydrogen-bond acceptors (Lipinski definition) is 4. The minimum atomic E-state index is -0.233. The lowest BCUT2D eigenvalue weighted by Crippen LogP contribution is -2.28. The Morgan fingerprint density at radius 2 is 2.04 bits per heavy atom. The van der Waals surface area contributed by atoms with E-state index >= 15 is 0 Å². The minimum absolute atomic E-state index is 0.116. The van der Waals surface area contributed by atoms with Crippen molar-refractivity contribution in [3.05, 3.63) is 59.4 Å². The molecule has 1 fully saturated rings. The first kappa shape index (κ1) is 16.3. The zero-order valence-corrected chi connectivity index (χ0v) is 13.7. The van der Waals surface area contributed by atoms with Crippen LogP contribution in [0.25, 0.3) is 0 Å². The number of rotatable bonds is 6. The fraction of sp³-hybridized carbons (Fsp3) is 0.235. The summed E-state index contributed by atoms with van der Waals surface area (Å²) in [5.41, 5.74) is 1.08. The molecule has 2 amide bonds. The van der Waals surface area contributed by atoms with E-state index in [1.807, 2.05) is 0 Å². The van der Waals surface area contributed by atoms with Gasteiger partial charge in [-0.25, -0.2) is 0 Å². The van der Waals surface area contributed by atoms with Gasteiger partial charge < -0.3 is 15.8 Å². The molecule has 24 heavy (non-hydrogen) atoms. The van der Waals surface area contributed by atoms with Crippen molar-refractivity contribution in [3.8, 4) is 0 Å². The number of carbonyl (C=O) groups excluding carboxylic acids is 2. The second-order valence-corrected chi connectivity index (χ2v) is 6.53. The zero-order valence-electron chi connectivity index (χ0n) is 12.9. The highest BCUT2D eigenvalue weighted by molar-refractivity contribution is 7.99. The van der Waals surface area contributed by atoms with Crippen LogP contribution in [0.1, 0.15) is 23.2 Å². The van der Waals surface area contributed by atoms with Gasteiger partial charge in [0.1, 0.15) is 0 Å². The van der Waals surface area contributed by atoms with Crippen LogP contribution >= 0.6 is 11.8 Å². The molecule has 1 aliphatic carbocycles. The molecule has 1 saturated carbocycles. The summed E-state index contributed by atoms with van der Waals surface area (Å²) in [6.45, 7) is 0. The molecule has 0 radical (unpaired) electrons. The molecule has 2 aromatic rings. The number of amides is 2. The number of pyridine rings is 1. The highest BCUT2D eigenvalue weighted by Gasteiger charge is 2.23. The van der Waals surface area contributed by atoms with E-state index in [1.54, 1.807) is 42.5 Å². The Labute approximate surface area is 143 Å². The van der Waals surface area contributed by atoms with Crippen LogP contribution in [0.15, 0.2) is 53.7 Å². The molecule has 7 heteroatoms. The predicted octanol–water partition coefficient (Wildman–Crippen LogP) is 1.94. The van der Waals surface area contributed by atoms with Gasteiger partial charge in [0.2, 0.25) is 5.91 Å². The van der Waals surface area contributed by atoms with Gasteiger partial charge in [0.15, 0.2) is 6.20 Å². The summed E-state index contributed by atoms with van der Waals surface area (Å²) in [6.07, 6.45) is 3.44. The molecule has 1 heterocycles. The van der Waals surface area contributed by atoms with Crippen molar-refractivity contribution < 1.29 is 14.3 Å². The molecule has 1 aromatic heterocycles. The molecule has 2 N–H and O–H groups in total. The topological polar surface area (TPSA) is 85.1 Å². The Kier molecular flexibility index (Phi) is 5.00. The summed E-state index contributed by atoms with van der Waals surface area (Å²) in [5.74, 6) is -0.242. The SMILES string of the molecule is O=C(CSc1cccc[n+]1[O-])Nc1cccc(C(=O)NC2CC2)c1. The van der Waals surface area contributed by atoms with E-state index in [0.717, 1.165) is 29.3 Å². The molecule has 0 spiro atoms. The molecule has 0 saturated heterocycles. The van der Waals surface area contributed by atoms with Gasteiger partial charge in [-0.3, -0.25) is 9.59 Å². The monoisotopic (exact) mass is 343 g/mol. The predicted molar refractivity (Wildman–Crippen MR) is 91.7 cm³/mol. The molecular weight excluding hydrogens is 326 g/mol. The fourth-order valence-corrected chi connectivity index (χ4v) is 2.81. The number of thioether (sulfide) groups is 1. The van der Waals surface area contributed by atoms with Crippen molar-refractivity contribution in [1.29, 1.82) is 0 Å². The van der Waals surface area contributed by atoms with Gasteiger partial charge in [-0.2, -0.15) is 4.73 Å². The normalized spacial score (nSPS) is 13.3. The largest absolute Gasteiger partial charge is 0.618 e. The zero-order chi connectivity index (χ0) is 16.9. The molecule has 3 rings (SSSR count). The molecule has 1 aromatic carbocycles. The lowest BCUT2D eigenvalue weighted by molar-refractivity contribution is -0.645. The lowest BCUT2D eigenvalue weighted by Gasteiger charge is -2.08. The summed E-state index contributed by atoms with van der Waals surface area (Å²) in [7, 11) is 0. The molecule has 0 bridgehead atoms. The number of aromatic nitrogens is 1. The third kappa shape index (κ3) is 4.48. The van der Waals surface area contributed by atoms with Crippen molar-refractivity contribution >= 4 is 29.3 Å². The Hall–Kier alpha value is -2.54. The van der Waals surface area contributed by atoms with Crippen molar-refractivity contribution in [1.82, 2.24) is 5.32 Å². The van der Waals surface area contributed by atoms with Crippen molar-refractivity contribution in [2.75, 3.05) is 11.1 Å². The maximum atomic E-state index is 12.0. The van der Waals surface area contributed by atoms with Crippen LogP contribution in [-0.2, 0) is 4.79 Å². The highest BCUT2D eigenvalue weighted by Crippen LogP contribution is 2.20. The Morgan fingerprint density at radius 1 is 1.21 bits per heavy atom. The first-order valence-electron chi connectivity index (χ1n) is 7.63. The third-order valence-corrected chi connectivity index (χ3v) is 4.48. The van der Waals surface area contributed by atoms with Crippen LogP contribution < -0.4 is 15.4 Å². The fourth-order valence-electron chi connectivity index (χ4n) is 2.10. The lowest BCUT2D eigenvalue weighted by atomic mass is 10.2. The van der Waals surface area contributed by atoms with Gasteiger partial charge in [-0.15, -0.1) is 0 Å². The number of benzene rings is 1. The summed E-state index contributed by atoms with van der Waals surface area (Å²) in [6, 6.07) is 12.2. The van der Waals surface area contributed by atoms with Gasteiger partial charge in [-0.1, -0.05) is 6.07 Å². The number of nitrogens with zero attached hydrogens (tertiary/aromatic N) is 1. The van der Waals surface area contributed by atoms with Gasteiger partial charge in [-0.05, 0) is 48.9 Å². The second kappa shape index (κ2) is 7.35. The van der Waals surface area contributed by atoms with Crippen LogP contribution in [0.5, 0.6) is 0 Å². The number of hydrogen-bond donors (Lipinski definition) is 2. The van der Waals surface area contributed by atoms with E-state index in [0.29, 0.717) is 16.3 Å². The molecule has 0 atom stereocenters. The maximum absolute atomic E-state index is 12.0. The number of carbonyl (C=O) groups is 2. The Bertz CT molecular complexity index is 762. The number of nitrogens with one attached hydrogen (secondary N) is 2. The first-order chi connectivity index (χ1) is 11.6. The molecular formula is C17H17N3O3S. The average molecular weight is 343 g/mol. The summed E-state index contributed by atoms with van der Waals surface area (Å²) < 4.78 is 0.723. The first-order valence-corrected chi connectivity index (χ1v) is 8.62. The van der Waals surface area contributed by atoms with E-state index in [1.165, 1.54) is 6.20 Å². The molecule has 0 unspecified atom stereocenters. The van der Waals surface area contributed by atoms with E-state index < -0.39 is 0 Å². The van der Waals surface area contributed by atoms with Crippen molar-refractivity contribution in [2.45, 2.75) is 23.9 Å². The van der Waals surface area contributed by atoms with Crippen LogP contribution in [0, 0.1) is 5.21 Å². The quantitative estimate of drug-likeness (QED) is 0.477. The smallest absolute Gasteiger partial charge is 0.251 e. The third-order valence-electron chi connectivity index (χ3n) is 3.46. The van der Waals surface area contributed by atoms with Gasteiger partial charge in [0.25, 0.3) is 10.9 Å². The van der Waals surface area contributed by atoms with E-state index in [2.05, 4.69) is 10.6 Å². The maximum Gasteiger partial charge on any atom is 0.251 e. The average Bonchev–Trinajstić information content (AvgIpc) is 3.38. The van der Waals surface area contributed by atoms with Crippen LogP contribution in [-0.4, -0.2) is 23.6 Å². The minimum Gasteiger partial charge on any atom is -0.618 e. The molecule has 0 aliphatic heterocycles. The van der Waals surface area contributed by atoms with Gasteiger partial charge in [0.05, 0.1) is 5.75 Å². The van der Waals surface area contributed by atoms with Crippen LogP contribution in [0.4, 0.5) is 5.69 Å². The number of anilines is 1. The van der Waals surface area contributed by atoms with E-state index in [4.69, 9.17) is 0 Å². The highest BCUT2D eigenvalue weighted by atomic mass is 32.2. The molecule has 1 aliphatic rings. The van der Waals surface area contributed by atoms with Crippen LogP contribution in [0.3, 0.4) is 0 Å². The standard InChI is InChI=1S/C17H17N3O3S/c21-15(11-24-16-6-1-2-9-20(16)23)18-14-5-3-4-12(10-14)17(22)19-13-7-8-13/h1-6,9-10,13H,7-8,11H2,(H,18,21)(H,19,22). The van der Waals surface area contributed by atoms with Gasteiger partial charge in [0, 0.05) is 29.4 Å². The van der Waals surface area contributed by atoms with Gasteiger partial charge >= 0.3 is 0 Å².